The fraction of sp³-hybridized carbons (Fsp3) is 0.375. The van der Waals surface area contributed by atoms with E-state index in [4.69, 9.17) is 0 Å². The number of hydrogen-bond acceptors (Lipinski definition) is 2. The van der Waals surface area contributed by atoms with Crippen molar-refractivity contribution in [3.05, 3.63) is 53.9 Å². The number of hydrogen-bond donors (Lipinski definition) is 1. The van der Waals surface area contributed by atoms with Gasteiger partial charge in [0.05, 0.1) is 6.04 Å². The lowest BCUT2D eigenvalue weighted by Gasteiger charge is -2.30. The standard InChI is InChI=1S/C16H19NO/c1-2-13-14-10-6-7-11-15(14)17(16(13)18)12-8-4-3-5-9-12/h3-5,7-9,11,14-15,18H,2,6,10H2,1H3. The average Bonchev–Trinajstić information content (AvgIpc) is 2.71. The molecular formula is C16H19NO. The van der Waals surface area contributed by atoms with Crippen molar-refractivity contribution in [1.82, 2.24) is 0 Å². The minimum absolute atomic E-state index is 0.302. The van der Waals surface area contributed by atoms with Crippen molar-refractivity contribution in [2.75, 3.05) is 4.90 Å². The van der Waals surface area contributed by atoms with Gasteiger partial charge in [0.2, 0.25) is 0 Å². The lowest BCUT2D eigenvalue weighted by atomic mass is 9.85. The molecule has 0 amide bonds. The molecule has 2 aliphatic rings. The van der Waals surface area contributed by atoms with E-state index in [1.807, 2.05) is 18.2 Å². The molecule has 1 heterocycles. The molecule has 0 bridgehead atoms. The summed E-state index contributed by atoms with van der Waals surface area (Å²) in [5.74, 6) is 0.963. The van der Waals surface area contributed by atoms with Crippen molar-refractivity contribution in [3.63, 3.8) is 0 Å². The third kappa shape index (κ3) is 1.64. The van der Waals surface area contributed by atoms with Gasteiger partial charge in [-0.3, -0.25) is 0 Å². The molecule has 1 aromatic rings. The molecule has 0 aromatic heterocycles. The van der Waals surface area contributed by atoms with Crippen molar-refractivity contribution in [1.29, 1.82) is 0 Å². The van der Waals surface area contributed by atoms with Gasteiger partial charge in [-0.1, -0.05) is 37.3 Å². The smallest absolute Gasteiger partial charge is 0.191 e. The van der Waals surface area contributed by atoms with Crippen LogP contribution >= 0.6 is 0 Å². The molecule has 2 unspecified atom stereocenters. The van der Waals surface area contributed by atoms with Crippen LogP contribution in [0.15, 0.2) is 53.9 Å². The van der Waals surface area contributed by atoms with Gasteiger partial charge in [-0.05, 0) is 37.0 Å². The van der Waals surface area contributed by atoms with Gasteiger partial charge in [-0.15, -0.1) is 0 Å². The summed E-state index contributed by atoms with van der Waals surface area (Å²) in [6, 6.07) is 10.5. The highest BCUT2D eigenvalue weighted by molar-refractivity contribution is 5.57. The van der Waals surface area contributed by atoms with E-state index in [1.165, 1.54) is 5.57 Å². The Bertz CT molecular complexity index is 489. The second-order valence-corrected chi connectivity index (χ2v) is 5.01. The number of anilines is 1. The molecule has 2 atom stereocenters. The van der Waals surface area contributed by atoms with Crippen LogP contribution in [0.4, 0.5) is 5.69 Å². The number of fused-ring (bicyclic) bond motifs is 1. The van der Waals surface area contributed by atoms with Crippen molar-refractivity contribution in [3.8, 4) is 0 Å². The predicted molar refractivity (Wildman–Crippen MR) is 74.5 cm³/mol. The number of rotatable bonds is 2. The molecule has 0 saturated carbocycles. The Morgan fingerprint density at radius 3 is 2.78 bits per heavy atom. The zero-order valence-electron chi connectivity index (χ0n) is 10.7. The normalized spacial score (nSPS) is 26.6. The third-order valence-electron chi connectivity index (χ3n) is 4.07. The summed E-state index contributed by atoms with van der Waals surface area (Å²) in [6.07, 6.45) is 7.70. The molecule has 2 nitrogen and oxygen atoms in total. The molecule has 0 spiro atoms. The first-order chi connectivity index (χ1) is 8.83. The van der Waals surface area contributed by atoms with Crippen LogP contribution in [0, 0.1) is 5.92 Å². The first-order valence-corrected chi connectivity index (χ1v) is 6.76. The van der Waals surface area contributed by atoms with Crippen LogP contribution in [0.1, 0.15) is 26.2 Å². The van der Waals surface area contributed by atoms with Crippen molar-refractivity contribution >= 4 is 5.69 Å². The van der Waals surface area contributed by atoms with Crippen molar-refractivity contribution < 1.29 is 5.11 Å². The highest BCUT2D eigenvalue weighted by Crippen LogP contribution is 2.42. The summed E-state index contributed by atoms with van der Waals surface area (Å²) in [5, 5.41) is 10.5. The summed E-state index contributed by atoms with van der Waals surface area (Å²) in [6.45, 7) is 2.13. The zero-order valence-corrected chi connectivity index (χ0v) is 10.7. The maximum atomic E-state index is 10.5. The lowest BCUT2D eigenvalue weighted by molar-refractivity contribution is 0.390. The Morgan fingerprint density at radius 2 is 2.06 bits per heavy atom. The second kappa shape index (κ2) is 4.52. The summed E-state index contributed by atoms with van der Waals surface area (Å²) in [7, 11) is 0. The van der Waals surface area contributed by atoms with Gasteiger partial charge in [0, 0.05) is 11.6 Å². The van der Waals surface area contributed by atoms with Gasteiger partial charge in [-0.25, -0.2) is 0 Å². The van der Waals surface area contributed by atoms with Gasteiger partial charge in [-0.2, -0.15) is 0 Å². The number of nitrogens with zero attached hydrogens (tertiary/aromatic N) is 1. The van der Waals surface area contributed by atoms with E-state index < -0.39 is 0 Å². The number of aliphatic hydroxyl groups excluding tert-OH is 1. The number of aliphatic hydroxyl groups is 1. The molecule has 94 valence electrons. The predicted octanol–water partition coefficient (Wildman–Crippen LogP) is 4.02. The molecule has 0 saturated heterocycles. The molecule has 2 heteroatoms. The Balaban J connectivity index is 2.05. The highest BCUT2D eigenvalue weighted by atomic mass is 16.3. The first-order valence-electron chi connectivity index (χ1n) is 6.76. The fourth-order valence-corrected chi connectivity index (χ4v) is 3.23. The van der Waals surface area contributed by atoms with Crippen LogP contribution < -0.4 is 4.90 Å². The SMILES string of the molecule is CCC1=C(O)N(c2ccccc2)C2C=CCCC12. The summed E-state index contributed by atoms with van der Waals surface area (Å²) < 4.78 is 0. The van der Waals surface area contributed by atoms with Gasteiger partial charge in [0.25, 0.3) is 0 Å². The van der Waals surface area contributed by atoms with Crippen LogP contribution in [0.3, 0.4) is 0 Å². The zero-order chi connectivity index (χ0) is 12.5. The van der Waals surface area contributed by atoms with E-state index in [1.54, 1.807) is 0 Å². The summed E-state index contributed by atoms with van der Waals surface area (Å²) in [4.78, 5) is 2.08. The largest absolute Gasteiger partial charge is 0.494 e. The summed E-state index contributed by atoms with van der Waals surface area (Å²) in [5.41, 5.74) is 2.30. The number of allylic oxidation sites excluding steroid dienone is 1. The quantitative estimate of drug-likeness (QED) is 0.790. The van der Waals surface area contributed by atoms with Gasteiger partial charge in [0.15, 0.2) is 5.88 Å². The number of para-hydroxylation sites is 1. The van der Waals surface area contributed by atoms with Crippen LogP contribution in [0.25, 0.3) is 0 Å². The van der Waals surface area contributed by atoms with Crippen LogP contribution in [-0.4, -0.2) is 11.1 Å². The minimum Gasteiger partial charge on any atom is -0.494 e. The molecule has 3 rings (SSSR count). The molecule has 0 radical (unpaired) electrons. The Labute approximate surface area is 108 Å². The highest BCUT2D eigenvalue weighted by Gasteiger charge is 2.39. The van der Waals surface area contributed by atoms with E-state index in [0.717, 1.165) is 24.9 Å². The van der Waals surface area contributed by atoms with Gasteiger partial charge >= 0.3 is 0 Å². The van der Waals surface area contributed by atoms with Crippen molar-refractivity contribution in [2.24, 2.45) is 5.92 Å². The maximum Gasteiger partial charge on any atom is 0.191 e. The molecule has 1 aromatic carbocycles. The van der Waals surface area contributed by atoms with Crippen LogP contribution in [-0.2, 0) is 0 Å². The van der Waals surface area contributed by atoms with E-state index >= 15 is 0 Å². The monoisotopic (exact) mass is 241 g/mol. The molecule has 1 aliphatic carbocycles. The molecule has 1 N–H and O–H groups in total. The lowest BCUT2D eigenvalue weighted by Crippen LogP contribution is -2.33. The van der Waals surface area contributed by atoms with Gasteiger partial charge < -0.3 is 10.0 Å². The molecule has 1 aliphatic heterocycles. The molecule has 18 heavy (non-hydrogen) atoms. The number of benzene rings is 1. The Kier molecular flexibility index (Phi) is 2.86. The van der Waals surface area contributed by atoms with Crippen LogP contribution in [0.2, 0.25) is 0 Å². The average molecular weight is 241 g/mol. The molecular weight excluding hydrogens is 222 g/mol. The van der Waals surface area contributed by atoms with E-state index in [2.05, 4.69) is 36.1 Å². The summed E-state index contributed by atoms with van der Waals surface area (Å²) >= 11 is 0. The Morgan fingerprint density at radius 1 is 1.28 bits per heavy atom. The first kappa shape index (κ1) is 11.4. The topological polar surface area (TPSA) is 23.5 Å². The van der Waals surface area contributed by atoms with E-state index in [9.17, 15) is 5.11 Å². The maximum absolute atomic E-state index is 10.5. The van der Waals surface area contributed by atoms with Crippen molar-refractivity contribution in [2.45, 2.75) is 32.2 Å². The minimum atomic E-state index is 0.302. The second-order valence-electron chi connectivity index (χ2n) is 5.01. The third-order valence-corrected chi connectivity index (χ3v) is 4.07. The van der Waals surface area contributed by atoms with Gasteiger partial charge in [0.1, 0.15) is 0 Å². The van der Waals surface area contributed by atoms with E-state index in [0.29, 0.717) is 17.8 Å². The molecule has 0 fully saturated rings. The fourth-order valence-electron chi connectivity index (χ4n) is 3.23. The Hall–Kier alpha value is -1.70. The van der Waals surface area contributed by atoms with E-state index in [-0.39, 0.29) is 0 Å². The van der Waals surface area contributed by atoms with Crippen LogP contribution in [0.5, 0.6) is 0 Å².